The summed E-state index contributed by atoms with van der Waals surface area (Å²) in [5, 5.41) is 6.79. The number of hydrogen-bond donors (Lipinski definition) is 2. The molecule has 1 unspecified atom stereocenters. The fraction of sp³-hybridized carbons (Fsp3) is 0.562. The van der Waals surface area contributed by atoms with E-state index in [0.29, 0.717) is 12.0 Å². The van der Waals surface area contributed by atoms with Crippen molar-refractivity contribution in [2.75, 3.05) is 13.1 Å². The zero-order valence-corrected chi connectivity index (χ0v) is 14.8. The number of halogens is 1. The molecule has 1 atom stereocenters. The van der Waals surface area contributed by atoms with Crippen LogP contribution < -0.4 is 10.6 Å². The van der Waals surface area contributed by atoms with Gasteiger partial charge < -0.3 is 10.6 Å². The summed E-state index contributed by atoms with van der Waals surface area (Å²) in [5.74, 6) is 1.48. The molecule has 0 aromatic heterocycles. The van der Waals surface area contributed by atoms with Crippen molar-refractivity contribution in [1.82, 2.24) is 10.6 Å². The van der Waals surface area contributed by atoms with Gasteiger partial charge in [-0.3, -0.25) is 4.99 Å². The van der Waals surface area contributed by atoms with Gasteiger partial charge in [0.25, 0.3) is 0 Å². The third kappa shape index (κ3) is 5.69. The Balaban J connectivity index is 0.00000200. The molecule has 1 aromatic rings. The Labute approximate surface area is 139 Å². The lowest BCUT2D eigenvalue weighted by atomic mass is 9.97. The van der Waals surface area contributed by atoms with E-state index >= 15 is 0 Å². The maximum Gasteiger partial charge on any atom is 0.191 e. The van der Waals surface area contributed by atoms with E-state index < -0.39 is 0 Å². The van der Waals surface area contributed by atoms with Gasteiger partial charge in [-0.15, -0.1) is 24.0 Å². The van der Waals surface area contributed by atoms with Gasteiger partial charge in [0.2, 0.25) is 0 Å². The average Bonchev–Trinajstić information content (AvgIpc) is 3.25. The first-order chi connectivity index (χ1) is 9.33. The first-order valence-corrected chi connectivity index (χ1v) is 7.43. The molecule has 1 aliphatic rings. The summed E-state index contributed by atoms with van der Waals surface area (Å²) in [6.07, 6.45) is 3.68. The molecule has 0 heterocycles. The van der Waals surface area contributed by atoms with Gasteiger partial charge in [0.15, 0.2) is 5.96 Å². The molecule has 20 heavy (non-hydrogen) atoms. The molecule has 1 fully saturated rings. The monoisotopic (exact) mass is 387 g/mol. The minimum absolute atomic E-state index is 0. The first kappa shape index (κ1) is 17.3. The zero-order valence-electron chi connectivity index (χ0n) is 12.4. The number of hydrogen-bond acceptors (Lipinski definition) is 1. The predicted molar refractivity (Wildman–Crippen MR) is 97.0 cm³/mol. The van der Waals surface area contributed by atoms with Crippen molar-refractivity contribution in [3.8, 4) is 0 Å². The van der Waals surface area contributed by atoms with E-state index in [9.17, 15) is 0 Å². The van der Waals surface area contributed by atoms with Crippen LogP contribution in [0.25, 0.3) is 0 Å². The van der Waals surface area contributed by atoms with E-state index in [1.165, 1.54) is 18.4 Å². The summed E-state index contributed by atoms with van der Waals surface area (Å²) >= 11 is 0. The Morgan fingerprint density at radius 2 is 1.95 bits per heavy atom. The third-order valence-corrected chi connectivity index (χ3v) is 3.50. The van der Waals surface area contributed by atoms with Crippen molar-refractivity contribution in [2.24, 2.45) is 4.99 Å². The second-order valence-corrected chi connectivity index (χ2v) is 5.15. The van der Waals surface area contributed by atoms with E-state index in [0.717, 1.165) is 25.5 Å². The summed E-state index contributed by atoms with van der Waals surface area (Å²) in [7, 11) is 0. The van der Waals surface area contributed by atoms with Crippen LogP contribution in [0, 0.1) is 0 Å². The number of aliphatic imine (C=N–C) groups is 1. The van der Waals surface area contributed by atoms with E-state index in [1.807, 2.05) is 0 Å². The molecule has 1 saturated carbocycles. The lowest BCUT2D eigenvalue weighted by Gasteiger charge is -2.15. The minimum atomic E-state index is 0. The van der Waals surface area contributed by atoms with Gasteiger partial charge in [0.1, 0.15) is 0 Å². The van der Waals surface area contributed by atoms with Crippen molar-refractivity contribution in [2.45, 2.75) is 45.1 Å². The van der Waals surface area contributed by atoms with Crippen LogP contribution in [-0.4, -0.2) is 25.1 Å². The molecule has 1 aliphatic carbocycles. The quantitative estimate of drug-likeness (QED) is 0.445. The van der Waals surface area contributed by atoms with Crippen LogP contribution in [0.4, 0.5) is 0 Å². The molecule has 112 valence electrons. The Kier molecular flexibility index (Phi) is 7.95. The standard InChI is InChI=1S/C16H25N3.HI/c1-3-13(14-8-6-5-7-9-14)12-18-16(17-4-2)19-15-10-11-15;/h5-9,13,15H,3-4,10-12H2,1-2H3,(H2,17,18,19);1H. The highest BCUT2D eigenvalue weighted by molar-refractivity contribution is 14.0. The van der Waals surface area contributed by atoms with Gasteiger partial charge in [0.05, 0.1) is 0 Å². The van der Waals surface area contributed by atoms with Crippen molar-refractivity contribution in [1.29, 1.82) is 0 Å². The minimum Gasteiger partial charge on any atom is -0.357 e. The topological polar surface area (TPSA) is 36.4 Å². The zero-order chi connectivity index (χ0) is 13.5. The summed E-state index contributed by atoms with van der Waals surface area (Å²) in [6.45, 7) is 6.11. The maximum atomic E-state index is 4.74. The molecule has 3 nitrogen and oxygen atoms in total. The Morgan fingerprint density at radius 1 is 1.25 bits per heavy atom. The lowest BCUT2D eigenvalue weighted by Crippen LogP contribution is -2.38. The van der Waals surface area contributed by atoms with E-state index in [-0.39, 0.29) is 24.0 Å². The smallest absolute Gasteiger partial charge is 0.191 e. The van der Waals surface area contributed by atoms with Crippen molar-refractivity contribution < 1.29 is 0 Å². The van der Waals surface area contributed by atoms with Crippen molar-refractivity contribution in [3.05, 3.63) is 35.9 Å². The molecule has 2 N–H and O–H groups in total. The van der Waals surface area contributed by atoms with Crippen LogP contribution in [0.5, 0.6) is 0 Å². The van der Waals surface area contributed by atoms with Gasteiger partial charge in [-0.05, 0) is 31.7 Å². The van der Waals surface area contributed by atoms with Crippen molar-refractivity contribution >= 4 is 29.9 Å². The van der Waals surface area contributed by atoms with Crippen LogP contribution in [0.3, 0.4) is 0 Å². The number of nitrogens with zero attached hydrogens (tertiary/aromatic N) is 1. The molecule has 0 radical (unpaired) electrons. The summed E-state index contributed by atoms with van der Waals surface area (Å²) in [6, 6.07) is 11.3. The van der Waals surface area contributed by atoms with Crippen LogP contribution in [-0.2, 0) is 0 Å². The second kappa shape index (κ2) is 9.21. The van der Waals surface area contributed by atoms with Crippen LogP contribution in [0.2, 0.25) is 0 Å². The van der Waals surface area contributed by atoms with Gasteiger partial charge in [-0.1, -0.05) is 37.3 Å². The fourth-order valence-electron chi connectivity index (χ4n) is 2.14. The third-order valence-electron chi connectivity index (χ3n) is 3.50. The van der Waals surface area contributed by atoms with Crippen LogP contribution >= 0.6 is 24.0 Å². The molecule has 0 aliphatic heterocycles. The average molecular weight is 387 g/mol. The molecule has 0 spiro atoms. The number of rotatable bonds is 6. The SMILES string of the molecule is CCNC(=NCC(CC)c1ccccc1)NC1CC1.I. The highest BCUT2D eigenvalue weighted by Gasteiger charge is 2.22. The fourth-order valence-corrected chi connectivity index (χ4v) is 2.14. The Hall–Kier alpha value is -0.780. The highest BCUT2D eigenvalue weighted by atomic mass is 127. The molecule has 0 saturated heterocycles. The second-order valence-electron chi connectivity index (χ2n) is 5.15. The van der Waals surface area contributed by atoms with Crippen molar-refractivity contribution in [3.63, 3.8) is 0 Å². The number of nitrogens with one attached hydrogen (secondary N) is 2. The van der Waals surface area contributed by atoms with E-state index in [4.69, 9.17) is 4.99 Å². The molecule has 4 heteroatoms. The summed E-state index contributed by atoms with van der Waals surface area (Å²) < 4.78 is 0. The summed E-state index contributed by atoms with van der Waals surface area (Å²) in [5.41, 5.74) is 1.39. The molecular weight excluding hydrogens is 361 g/mol. The van der Waals surface area contributed by atoms with Crippen LogP contribution in [0.15, 0.2) is 35.3 Å². The molecular formula is C16H26IN3. The lowest BCUT2D eigenvalue weighted by molar-refractivity contribution is 0.667. The number of benzene rings is 1. The van der Waals surface area contributed by atoms with Gasteiger partial charge >= 0.3 is 0 Å². The summed E-state index contributed by atoms with van der Waals surface area (Å²) in [4.78, 5) is 4.74. The molecule has 0 amide bonds. The van der Waals surface area contributed by atoms with Gasteiger partial charge in [-0.25, -0.2) is 0 Å². The Morgan fingerprint density at radius 3 is 2.50 bits per heavy atom. The van der Waals surface area contributed by atoms with E-state index in [2.05, 4.69) is 54.8 Å². The van der Waals surface area contributed by atoms with Gasteiger partial charge in [0, 0.05) is 25.0 Å². The highest BCUT2D eigenvalue weighted by Crippen LogP contribution is 2.20. The molecule has 1 aromatic carbocycles. The largest absolute Gasteiger partial charge is 0.357 e. The van der Waals surface area contributed by atoms with E-state index in [1.54, 1.807) is 0 Å². The normalized spacial score (nSPS) is 16.2. The Bertz CT molecular complexity index is 401. The first-order valence-electron chi connectivity index (χ1n) is 7.43. The molecule has 2 rings (SSSR count). The van der Waals surface area contributed by atoms with Crippen LogP contribution in [0.1, 0.15) is 44.6 Å². The number of guanidine groups is 1. The van der Waals surface area contributed by atoms with Gasteiger partial charge in [-0.2, -0.15) is 0 Å². The predicted octanol–water partition coefficient (Wildman–Crippen LogP) is 3.52. The molecule has 0 bridgehead atoms. The maximum absolute atomic E-state index is 4.74.